The number of likely N-dealkylation sites (N-methyl/N-ethyl adjacent to an activating group) is 1. The van der Waals surface area contributed by atoms with Gasteiger partial charge in [0.15, 0.2) is 0 Å². The molecule has 1 saturated heterocycles. The van der Waals surface area contributed by atoms with Crippen molar-refractivity contribution in [1.82, 2.24) is 14.9 Å². The van der Waals surface area contributed by atoms with Gasteiger partial charge in [0.05, 0.1) is 13.0 Å². The lowest BCUT2D eigenvalue weighted by atomic mass is 10.0. The standard InChI is InChI=1S/C19H23FN4O2/c1-14-9-17(22-13-21-14)24-8-7-19(26,12-24)11-23(2)18(25)10-15-5-3-4-6-16(15)20/h3-6,9,13,26H,7-8,10-12H2,1-2H3. The van der Waals surface area contributed by atoms with Gasteiger partial charge in [-0.3, -0.25) is 4.79 Å². The molecule has 138 valence electrons. The molecule has 1 atom stereocenters. The maximum absolute atomic E-state index is 13.7. The number of carbonyl (C=O) groups is 1. The van der Waals surface area contributed by atoms with Crippen molar-refractivity contribution in [2.75, 3.05) is 31.6 Å². The number of β-amino-alcohol motifs (C(OH)–C–C–N with tert-alkyl or cyclic N) is 1. The number of anilines is 1. The number of benzene rings is 1. The van der Waals surface area contributed by atoms with Crippen LogP contribution in [-0.4, -0.2) is 58.2 Å². The zero-order chi connectivity index (χ0) is 18.7. The first-order valence-electron chi connectivity index (χ1n) is 8.60. The molecule has 6 nitrogen and oxygen atoms in total. The molecule has 1 N–H and O–H groups in total. The number of aliphatic hydroxyl groups is 1. The van der Waals surface area contributed by atoms with Crippen molar-refractivity contribution in [3.63, 3.8) is 0 Å². The summed E-state index contributed by atoms with van der Waals surface area (Å²) in [5.41, 5.74) is 0.210. The fourth-order valence-electron chi connectivity index (χ4n) is 3.26. The van der Waals surface area contributed by atoms with Crippen LogP contribution in [0.25, 0.3) is 0 Å². The van der Waals surface area contributed by atoms with Crippen molar-refractivity contribution in [2.45, 2.75) is 25.4 Å². The Bertz CT molecular complexity index is 801. The Labute approximate surface area is 152 Å². The van der Waals surface area contributed by atoms with Gasteiger partial charge in [-0.15, -0.1) is 0 Å². The SMILES string of the molecule is Cc1cc(N2CCC(O)(CN(C)C(=O)Cc3ccccc3F)C2)ncn1. The van der Waals surface area contributed by atoms with Gasteiger partial charge in [-0.05, 0) is 25.0 Å². The molecule has 2 aromatic rings. The second-order valence-corrected chi connectivity index (χ2v) is 6.93. The second-order valence-electron chi connectivity index (χ2n) is 6.93. The highest BCUT2D eigenvalue weighted by Gasteiger charge is 2.38. The summed E-state index contributed by atoms with van der Waals surface area (Å²) < 4.78 is 13.7. The number of hydrogen-bond acceptors (Lipinski definition) is 5. The number of rotatable bonds is 5. The maximum Gasteiger partial charge on any atom is 0.226 e. The Morgan fingerprint density at radius 3 is 2.88 bits per heavy atom. The second kappa shape index (κ2) is 7.37. The van der Waals surface area contributed by atoms with Crippen molar-refractivity contribution < 1.29 is 14.3 Å². The number of amides is 1. The van der Waals surface area contributed by atoms with E-state index in [9.17, 15) is 14.3 Å². The predicted molar refractivity (Wildman–Crippen MR) is 96.3 cm³/mol. The summed E-state index contributed by atoms with van der Waals surface area (Å²) in [5.74, 6) is 0.160. The van der Waals surface area contributed by atoms with Gasteiger partial charge >= 0.3 is 0 Å². The first-order chi connectivity index (χ1) is 12.4. The van der Waals surface area contributed by atoms with E-state index < -0.39 is 5.60 Å². The van der Waals surface area contributed by atoms with Crippen LogP contribution in [0.4, 0.5) is 10.2 Å². The Morgan fingerprint density at radius 2 is 2.15 bits per heavy atom. The molecule has 1 aliphatic rings. The van der Waals surface area contributed by atoms with E-state index in [4.69, 9.17) is 0 Å². The van der Waals surface area contributed by atoms with Crippen molar-refractivity contribution in [1.29, 1.82) is 0 Å². The monoisotopic (exact) mass is 358 g/mol. The molecular weight excluding hydrogens is 335 g/mol. The highest BCUT2D eigenvalue weighted by molar-refractivity contribution is 5.78. The van der Waals surface area contributed by atoms with Crippen molar-refractivity contribution in [3.05, 3.63) is 53.7 Å². The number of carbonyl (C=O) groups excluding carboxylic acids is 1. The lowest BCUT2D eigenvalue weighted by Gasteiger charge is -2.29. The summed E-state index contributed by atoms with van der Waals surface area (Å²) in [4.78, 5) is 24.2. The maximum atomic E-state index is 13.7. The van der Waals surface area contributed by atoms with Gasteiger partial charge in [-0.25, -0.2) is 14.4 Å². The van der Waals surface area contributed by atoms with Crippen molar-refractivity contribution in [2.24, 2.45) is 0 Å². The van der Waals surface area contributed by atoms with Crippen LogP contribution < -0.4 is 4.90 Å². The van der Waals surface area contributed by atoms with Gasteiger partial charge in [0, 0.05) is 31.9 Å². The van der Waals surface area contributed by atoms with Crippen LogP contribution >= 0.6 is 0 Å². The molecule has 0 spiro atoms. The van der Waals surface area contributed by atoms with Gasteiger partial charge in [-0.2, -0.15) is 0 Å². The summed E-state index contributed by atoms with van der Waals surface area (Å²) in [5, 5.41) is 10.9. The average molecular weight is 358 g/mol. The Morgan fingerprint density at radius 1 is 1.38 bits per heavy atom. The minimum Gasteiger partial charge on any atom is -0.386 e. The number of nitrogens with zero attached hydrogens (tertiary/aromatic N) is 4. The molecule has 26 heavy (non-hydrogen) atoms. The lowest BCUT2D eigenvalue weighted by Crippen LogP contribution is -2.46. The van der Waals surface area contributed by atoms with E-state index in [1.807, 2.05) is 17.9 Å². The number of aryl methyl sites for hydroxylation is 1. The van der Waals surface area contributed by atoms with Crippen LogP contribution in [0.15, 0.2) is 36.7 Å². The van der Waals surface area contributed by atoms with Crippen LogP contribution in [0.3, 0.4) is 0 Å². The van der Waals surface area contributed by atoms with Gasteiger partial charge in [0.1, 0.15) is 23.6 Å². The van der Waals surface area contributed by atoms with Crippen LogP contribution in [-0.2, 0) is 11.2 Å². The van der Waals surface area contributed by atoms with Gasteiger partial charge in [0.2, 0.25) is 5.91 Å². The molecule has 1 aromatic carbocycles. The summed E-state index contributed by atoms with van der Waals surface area (Å²) in [6.07, 6.45) is 2.02. The summed E-state index contributed by atoms with van der Waals surface area (Å²) in [6.45, 7) is 3.13. The molecule has 0 saturated carbocycles. The molecule has 1 amide bonds. The average Bonchev–Trinajstić information content (AvgIpc) is 2.99. The number of halogens is 1. The zero-order valence-electron chi connectivity index (χ0n) is 15.0. The highest BCUT2D eigenvalue weighted by atomic mass is 19.1. The molecule has 1 aromatic heterocycles. The Hall–Kier alpha value is -2.54. The van der Waals surface area contributed by atoms with E-state index in [0.717, 1.165) is 11.5 Å². The van der Waals surface area contributed by atoms with Gasteiger partial charge in [0.25, 0.3) is 0 Å². The summed E-state index contributed by atoms with van der Waals surface area (Å²) >= 11 is 0. The normalized spacial score (nSPS) is 19.6. The third-order valence-electron chi connectivity index (χ3n) is 4.70. The van der Waals surface area contributed by atoms with Gasteiger partial charge < -0.3 is 14.9 Å². The quantitative estimate of drug-likeness (QED) is 0.879. The third kappa shape index (κ3) is 4.16. The first-order valence-corrected chi connectivity index (χ1v) is 8.60. The molecule has 1 aliphatic heterocycles. The van der Waals surface area contributed by atoms with E-state index >= 15 is 0 Å². The molecule has 1 unspecified atom stereocenters. The Balaban J connectivity index is 1.61. The molecule has 0 radical (unpaired) electrons. The molecule has 0 aliphatic carbocycles. The zero-order valence-corrected chi connectivity index (χ0v) is 15.0. The minimum atomic E-state index is -1.02. The van der Waals surface area contributed by atoms with E-state index in [1.165, 1.54) is 17.3 Å². The molecule has 3 rings (SSSR count). The smallest absolute Gasteiger partial charge is 0.226 e. The van der Waals surface area contributed by atoms with Crippen molar-refractivity contribution in [3.8, 4) is 0 Å². The summed E-state index contributed by atoms with van der Waals surface area (Å²) in [7, 11) is 1.64. The van der Waals surface area contributed by atoms with E-state index in [2.05, 4.69) is 9.97 Å². The van der Waals surface area contributed by atoms with E-state index in [1.54, 1.807) is 25.2 Å². The Kier molecular flexibility index (Phi) is 5.18. The van der Waals surface area contributed by atoms with Crippen molar-refractivity contribution >= 4 is 11.7 Å². The fourth-order valence-corrected chi connectivity index (χ4v) is 3.26. The molecule has 2 heterocycles. The van der Waals surface area contributed by atoms with Crippen LogP contribution in [0.1, 0.15) is 17.7 Å². The molecular formula is C19H23FN4O2. The van der Waals surface area contributed by atoms with E-state index in [0.29, 0.717) is 25.1 Å². The molecule has 1 fully saturated rings. The predicted octanol–water partition coefficient (Wildman–Crippen LogP) is 1.57. The number of aromatic nitrogens is 2. The topological polar surface area (TPSA) is 69.6 Å². The first kappa shape index (κ1) is 18.3. The van der Waals surface area contributed by atoms with Crippen LogP contribution in [0.2, 0.25) is 0 Å². The lowest BCUT2D eigenvalue weighted by molar-refractivity contribution is -0.132. The van der Waals surface area contributed by atoms with Gasteiger partial charge in [-0.1, -0.05) is 18.2 Å². The molecule has 7 heteroatoms. The summed E-state index contributed by atoms with van der Waals surface area (Å²) in [6, 6.07) is 8.12. The number of hydrogen-bond donors (Lipinski definition) is 1. The molecule has 0 bridgehead atoms. The fraction of sp³-hybridized carbons (Fsp3) is 0.421. The minimum absolute atomic E-state index is 0.0198. The largest absolute Gasteiger partial charge is 0.386 e. The van der Waals surface area contributed by atoms with E-state index in [-0.39, 0.29) is 24.7 Å². The van der Waals surface area contributed by atoms with Crippen LogP contribution in [0, 0.1) is 12.7 Å². The van der Waals surface area contributed by atoms with Crippen LogP contribution in [0.5, 0.6) is 0 Å². The highest BCUT2D eigenvalue weighted by Crippen LogP contribution is 2.26. The third-order valence-corrected chi connectivity index (χ3v) is 4.70.